The first kappa shape index (κ1) is 14.1. The van der Waals surface area contributed by atoms with Crippen molar-refractivity contribution < 1.29 is 9.53 Å². The van der Waals surface area contributed by atoms with Crippen molar-refractivity contribution in [1.29, 1.82) is 0 Å². The molecule has 1 amide bonds. The van der Waals surface area contributed by atoms with Crippen LogP contribution in [0.2, 0.25) is 0 Å². The SMILES string of the molecule is CC#CC(CC)COC(N)=O.I. The minimum Gasteiger partial charge on any atom is -0.448 e. The Hall–Kier alpha value is -0.440. The number of carbonyl (C=O) groups excluding carboxylic acids is 1. The third-order valence-corrected chi connectivity index (χ3v) is 1.27. The van der Waals surface area contributed by atoms with E-state index < -0.39 is 6.09 Å². The van der Waals surface area contributed by atoms with E-state index in [1.807, 2.05) is 6.92 Å². The van der Waals surface area contributed by atoms with E-state index >= 15 is 0 Å². The lowest BCUT2D eigenvalue weighted by Gasteiger charge is -2.05. The standard InChI is InChI=1S/C8H13NO2.HI/c1-3-5-7(4-2)6-11-8(9)10;/h7H,4,6H2,1-2H3,(H2,9,10);1H. The van der Waals surface area contributed by atoms with Gasteiger partial charge in [-0.05, 0) is 13.3 Å². The van der Waals surface area contributed by atoms with Gasteiger partial charge in [-0.1, -0.05) is 12.8 Å². The number of hydrogen-bond donors (Lipinski definition) is 1. The topological polar surface area (TPSA) is 52.3 Å². The molecular formula is C8H14INO2. The summed E-state index contributed by atoms with van der Waals surface area (Å²) in [7, 11) is 0. The van der Waals surface area contributed by atoms with Crippen molar-refractivity contribution in [3.63, 3.8) is 0 Å². The van der Waals surface area contributed by atoms with Crippen molar-refractivity contribution >= 4 is 30.1 Å². The summed E-state index contributed by atoms with van der Waals surface area (Å²) >= 11 is 0. The van der Waals surface area contributed by atoms with E-state index in [0.717, 1.165) is 6.42 Å². The summed E-state index contributed by atoms with van der Waals surface area (Å²) in [6.45, 7) is 4.04. The van der Waals surface area contributed by atoms with Gasteiger partial charge in [-0.25, -0.2) is 4.79 Å². The highest BCUT2D eigenvalue weighted by atomic mass is 127. The Labute approximate surface area is 90.1 Å². The Balaban J connectivity index is 0. The maximum atomic E-state index is 10.2. The van der Waals surface area contributed by atoms with Crippen LogP contribution in [-0.2, 0) is 4.74 Å². The predicted molar refractivity (Wildman–Crippen MR) is 58.2 cm³/mol. The number of rotatable bonds is 3. The molecule has 0 fully saturated rings. The van der Waals surface area contributed by atoms with Crippen molar-refractivity contribution in [2.75, 3.05) is 6.61 Å². The van der Waals surface area contributed by atoms with Gasteiger partial charge in [0.2, 0.25) is 0 Å². The van der Waals surface area contributed by atoms with Crippen molar-refractivity contribution in [1.82, 2.24) is 0 Å². The van der Waals surface area contributed by atoms with Crippen LogP contribution in [0.5, 0.6) is 0 Å². The van der Waals surface area contributed by atoms with Crippen LogP contribution >= 0.6 is 24.0 Å². The average Bonchev–Trinajstić information content (AvgIpc) is 1.97. The van der Waals surface area contributed by atoms with Crippen LogP contribution in [0.3, 0.4) is 0 Å². The van der Waals surface area contributed by atoms with Crippen molar-refractivity contribution in [3.8, 4) is 11.8 Å². The normalized spacial score (nSPS) is 10.2. The first-order valence-corrected chi connectivity index (χ1v) is 3.55. The van der Waals surface area contributed by atoms with Gasteiger partial charge in [0, 0.05) is 0 Å². The largest absolute Gasteiger partial charge is 0.448 e. The van der Waals surface area contributed by atoms with E-state index in [1.54, 1.807) is 6.92 Å². The first-order valence-electron chi connectivity index (χ1n) is 3.55. The van der Waals surface area contributed by atoms with E-state index in [4.69, 9.17) is 5.73 Å². The summed E-state index contributed by atoms with van der Waals surface area (Å²) in [4.78, 5) is 10.2. The van der Waals surface area contributed by atoms with Crippen LogP contribution in [-0.4, -0.2) is 12.7 Å². The fourth-order valence-corrected chi connectivity index (χ4v) is 0.648. The average molecular weight is 283 g/mol. The molecule has 0 rings (SSSR count). The predicted octanol–water partition coefficient (Wildman–Crippen LogP) is 1.75. The fourth-order valence-electron chi connectivity index (χ4n) is 0.648. The smallest absolute Gasteiger partial charge is 0.404 e. The molecule has 0 saturated carbocycles. The van der Waals surface area contributed by atoms with Crippen molar-refractivity contribution in [2.45, 2.75) is 20.3 Å². The van der Waals surface area contributed by atoms with Crippen LogP contribution in [0.4, 0.5) is 4.79 Å². The second-order valence-electron chi connectivity index (χ2n) is 2.13. The lowest BCUT2D eigenvalue weighted by Crippen LogP contribution is -2.17. The summed E-state index contributed by atoms with van der Waals surface area (Å²) in [5.41, 5.74) is 4.78. The van der Waals surface area contributed by atoms with Crippen LogP contribution in [0.25, 0.3) is 0 Å². The number of nitrogens with two attached hydrogens (primary N) is 1. The van der Waals surface area contributed by atoms with E-state index in [1.165, 1.54) is 0 Å². The van der Waals surface area contributed by atoms with E-state index in [-0.39, 0.29) is 29.9 Å². The fraction of sp³-hybridized carbons (Fsp3) is 0.625. The minimum absolute atomic E-state index is 0. The molecule has 4 heteroatoms. The Kier molecular flexibility index (Phi) is 10.2. The molecular weight excluding hydrogens is 269 g/mol. The monoisotopic (exact) mass is 283 g/mol. The molecule has 12 heavy (non-hydrogen) atoms. The molecule has 1 atom stereocenters. The highest BCUT2D eigenvalue weighted by Crippen LogP contribution is 2.00. The van der Waals surface area contributed by atoms with Crippen molar-refractivity contribution in [2.24, 2.45) is 11.7 Å². The summed E-state index contributed by atoms with van der Waals surface area (Å²) in [5, 5.41) is 0. The van der Waals surface area contributed by atoms with Gasteiger partial charge in [0.1, 0.15) is 6.61 Å². The van der Waals surface area contributed by atoms with Crippen LogP contribution < -0.4 is 5.73 Å². The molecule has 0 aromatic rings. The van der Waals surface area contributed by atoms with E-state index in [9.17, 15) is 4.79 Å². The van der Waals surface area contributed by atoms with E-state index in [2.05, 4.69) is 16.6 Å². The summed E-state index contributed by atoms with van der Waals surface area (Å²) in [6.07, 6.45) is 0.134. The van der Waals surface area contributed by atoms with E-state index in [0.29, 0.717) is 6.61 Å². The second-order valence-corrected chi connectivity index (χ2v) is 2.13. The van der Waals surface area contributed by atoms with Gasteiger partial charge in [-0.15, -0.1) is 29.9 Å². The Morgan fingerprint density at radius 3 is 2.58 bits per heavy atom. The lowest BCUT2D eigenvalue weighted by atomic mass is 10.1. The molecule has 1 unspecified atom stereocenters. The molecule has 0 aromatic heterocycles. The minimum atomic E-state index is -0.735. The Morgan fingerprint density at radius 1 is 1.67 bits per heavy atom. The highest BCUT2D eigenvalue weighted by molar-refractivity contribution is 14.0. The van der Waals surface area contributed by atoms with Crippen LogP contribution in [0, 0.1) is 17.8 Å². The number of carbonyl (C=O) groups is 1. The number of ether oxygens (including phenoxy) is 1. The lowest BCUT2D eigenvalue weighted by molar-refractivity contribution is 0.145. The molecule has 70 valence electrons. The van der Waals surface area contributed by atoms with Crippen LogP contribution in [0.15, 0.2) is 0 Å². The van der Waals surface area contributed by atoms with Gasteiger partial charge in [0.05, 0.1) is 5.92 Å². The molecule has 0 aliphatic rings. The maximum absolute atomic E-state index is 10.2. The second kappa shape index (κ2) is 8.65. The zero-order valence-electron chi connectivity index (χ0n) is 7.29. The molecule has 0 aliphatic carbocycles. The van der Waals surface area contributed by atoms with Gasteiger partial charge < -0.3 is 10.5 Å². The number of hydrogen-bond acceptors (Lipinski definition) is 2. The van der Waals surface area contributed by atoms with Crippen LogP contribution in [0.1, 0.15) is 20.3 Å². The molecule has 0 aromatic carbocycles. The summed E-state index contributed by atoms with van der Waals surface area (Å²) in [6, 6.07) is 0. The highest BCUT2D eigenvalue weighted by Gasteiger charge is 2.03. The zero-order chi connectivity index (χ0) is 8.69. The summed E-state index contributed by atoms with van der Waals surface area (Å²) in [5.74, 6) is 5.78. The van der Waals surface area contributed by atoms with Gasteiger partial charge >= 0.3 is 6.09 Å². The molecule has 0 bridgehead atoms. The molecule has 3 nitrogen and oxygen atoms in total. The molecule has 0 spiro atoms. The summed E-state index contributed by atoms with van der Waals surface area (Å²) < 4.78 is 4.58. The molecule has 0 heterocycles. The van der Waals surface area contributed by atoms with Gasteiger partial charge in [-0.2, -0.15) is 0 Å². The zero-order valence-corrected chi connectivity index (χ0v) is 9.62. The van der Waals surface area contributed by atoms with Gasteiger partial charge in [-0.3, -0.25) is 0 Å². The number of amides is 1. The molecule has 2 N–H and O–H groups in total. The number of halogens is 1. The third-order valence-electron chi connectivity index (χ3n) is 1.27. The van der Waals surface area contributed by atoms with Crippen molar-refractivity contribution in [3.05, 3.63) is 0 Å². The van der Waals surface area contributed by atoms with Gasteiger partial charge in [0.15, 0.2) is 0 Å². The maximum Gasteiger partial charge on any atom is 0.404 e. The molecule has 0 saturated heterocycles. The quantitative estimate of drug-likeness (QED) is 0.633. The third kappa shape index (κ3) is 7.66. The Morgan fingerprint density at radius 2 is 2.25 bits per heavy atom. The number of primary amides is 1. The van der Waals surface area contributed by atoms with Gasteiger partial charge in [0.25, 0.3) is 0 Å². The molecule has 0 aliphatic heterocycles. The Bertz CT molecular complexity index is 183. The first-order chi connectivity index (χ1) is 5.20. The molecule has 0 radical (unpaired) electrons.